The molecular formula is C35H29BrF5N5O7S2. The molecule has 0 aliphatic carbocycles. The van der Waals surface area contributed by atoms with Gasteiger partial charge in [-0.25, -0.2) is 45.1 Å². The largest absolute Gasteiger partial charge is 0.493 e. The number of hydrogen-bond donors (Lipinski definition) is 3. The summed E-state index contributed by atoms with van der Waals surface area (Å²) in [4.78, 5) is 31.5. The van der Waals surface area contributed by atoms with Crippen LogP contribution in [0.5, 0.6) is 5.75 Å². The molecule has 0 aliphatic rings. The Balaban J connectivity index is 0.000000265. The number of halogens is 6. The number of sulfone groups is 1. The first-order valence-electron chi connectivity index (χ1n) is 15.5. The van der Waals surface area contributed by atoms with E-state index in [1.54, 1.807) is 4.72 Å². The lowest BCUT2D eigenvalue weighted by molar-refractivity contribution is 0.0974. The predicted octanol–water partition coefficient (Wildman–Crippen LogP) is 6.26. The van der Waals surface area contributed by atoms with Crippen LogP contribution in [0.25, 0.3) is 11.1 Å². The van der Waals surface area contributed by atoms with Gasteiger partial charge in [0.25, 0.3) is 15.9 Å². The number of pyridine rings is 2. The van der Waals surface area contributed by atoms with E-state index in [-0.39, 0.29) is 45.5 Å². The normalized spacial score (nSPS) is 11.4. The molecule has 0 atom stereocenters. The highest BCUT2D eigenvalue weighted by Gasteiger charge is 2.27. The average Bonchev–Trinajstić information content (AvgIpc) is 3.10. The Morgan fingerprint density at radius 2 is 1.35 bits per heavy atom. The molecule has 0 saturated carbocycles. The number of ether oxygens (including phenoxy) is 1. The van der Waals surface area contributed by atoms with Gasteiger partial charge >= 0.3 is 0 Å². The van der Waals surface area contributed by atoms with Crippen LogP contribution >= 0.6 is 15.9 Å². The minimum Gasteiger partial charge on any atom is -0.493 e. The van der Waals surface area contributed by atoms with Crippen molar-refractivity contribution >= 4 is 59.1 Å². The predicted molar refractivity (Wildman–Crippen MR) is 194 cm³/mol. The highest BCUT2D eigenvalue weighted by molar-refractivity contribution is 9.10. The summed E-state index contributed by atoms with van der Waals surface area (Å²) in [6.45, 7) is 4.07. The van der Waals surface area contributed by atoms with Crippen molar-refractivity contribution in [3.05, 3.63) is 124 Å². The number of nitrogens with one attached hydrogen (secondary N) is 1. The Morgan fingerprint density at radius 1 is 0.764 bits per heavy atom. The standard InChI is InChI=1S/C22H20F3N3O4S.C13H9BrF2N2O3S/c1-12(2)11-32-15-9-13(8-14(23)10-15)16-6-7-17(21(25)20(16)24)22(29)28-33(30,31)19-5-3-4-18(26)27-19;14-8-5-4-7(12(15)13(8)16)9(19)6-22(20,21)11-3-1-2-10(17)18-11/h3-10,12H,11H2,1-2H3,(H2,26,27)(H,28,29);1-5H,6H2,(H2,17,18). The molecule has 3 aromatic carbocycles. The second kappa shape index (κ2) is 17.3. The van der Waals surface area contributed by atoms with Crippen LogP contribution in [0.2, 0.25) is 0 Å². The van der Waals surface area contributed by atoms with Gasteiger partial charge in [0.15, 0.2) is 39.1 Å². The van der Waals surface area contributed by atoms with E-state index in [4.69, 9.17) is 16.2 Å². The number of nitrogen functional groups attached to an aromatic ring is 2. The van der Waals surface area contributed by atoms with Gasteiger partial charge in [-0.1, -0.05) is 32.0 Å². The Morgan fingerprint density at radius 3 is 1.96 bits per heavy atom. The highest BCUT2D eigenvalue weighted by atomic mass is 79.9. The molecule has 55 heavy (non-hydrogen) atoms. The average molecular weight is 871 g/mol. The number of carbonyl (C=O) groups is 2. The quantitative estimate of drug-likeness (QED) is 0.0768. The van der Waals surface area contributed by atoms with Crippen LogP contribution in [0, 0.1) is 35.0 Å². The Kier molecular flexibility index (Phi) is 13.3. The summed E-state index contributed by atoms with van der Waals surface area (Å²) < 4.78 is 126. The summed E-state index contributed by atoms with van der Waals surface area (Å²) >= 11 is 2.77. The Labute approximate surface area is 319 Å². The monoisotopic (exact) mass is 869 g/mol. The van der Waals surface area contributed by atoms with E-state index in [1.807, 2.05) is 13.8 Å². The van der Waals surface area contributed by atoms with Gasteiger partial charge in [0.05, 0.1) is 22.2 Å². The second-order valence-corrected chi connectivity index (χ2v) is 16.2. The summed E-state index contributed by atoms with van der Waals surface area (Å²) in [5.74, 6) is -9.85. The van der Waals surface area contributed by atoms with Crippen molar-refractivity contribution in [3.63, 3.8) is 0 Å². The Hall–Kier alpha value is -5.47. The zero-order chi connectivity index (χ0) is 40.8. The van der Waals surface area contributed by atoms with Crippen molar-refractivity contribution in [2.45, 2.75) is 23.9 Å². The van der Waals surface area contributed by atoms with Crippen molar-refractivity contribution in [1.29, 1.82) is 0 Å². The molecule has 290 valence electrons. The van der Waals surface area contributed by atoms with Crippen molar-refractivity contribution in [1.82, 2.24) is 14.7 Å². The molecule has 5 rings (SSSR count). The summed E-state index contributed by atoms with van der Waals surface area (Å²) in [7, 11) is -8.60. The lowest BCUT2D eigenvalue weighted by Gasteiger charge is -2.12. The number of Topliss-reactive ketones (excluding diaryl/α,β-unsaturated/α-hetero) is 1. The minimum atomic E-state index is -4.49. The van der Waals surface area contributed by atoms with Crippen molar-refractivity contribution in [3.8, 4) is 16.9 Å². The van der Waals surface area contributed by atoms with Crippen molar-refractivity contribution < 1.29 is 53.1 Å². The molecule has 12 nitrogen and oxygen atoms in total. The second-order valence-electron chi connectivity index (χ2n) is 11.8. The third-order valence-electron chi connectivity index (χ3n) is 7.06. The SMILES string of the molecule is CC(C)COc1cc(F)cc(-c2ccc(C(=O)NS(=O)(=O)c3cccc(N)n3)c(F)c2F)c1.Nc1cccc(S(=O)(=O)CC(=O)c2ccc(Br)c(F)c2F)n1. The third-order valence-corrected chi connectivity index (χ3v) is 10.4. The number of nitrogens with two attached hydrogens (primary N) is 2. The number of nitrogens with zero attached hydrogens (tertiary/aromatic N) is 2. The molecule has 1 amide bonds. The molecule has 0 fully saturated rings. The van der Waals surface area contributed by atoms with E-state index in [0.717, 1.165) is 48.5 Å². The summed E-state index contributed by atoms with van der Waals surface area (Å²) in [6.07, 6.45) is 0. The topological polar surface area (TPSA) is 202 Å². The maximum Gasteiger partial charge on any atom is 0.281 e. The highest BCUT2D eigenvalue weighted by Crippen LogP contribution is 2.31. The number of sulfonamides is 1. The first kappa shape index (κ1) is 42.3. The maximum absolute atomic E-state index is 14.8. The molecule has 5 N–H and O–H groups in total. The van der Waals surface area contributed by atoms with Gasteiger partial charge in [0.1, 0.15) is 29.0 Å². The number of anilines is 2. The van der Waals surface area contributed by atoms with Gasteiger partial charge < -0.3 is 16.2 Å². The number of ketones is 1. The van der Waals surface area contributed by atoms with E-state index < -0.39 is 87.6 Å². The first-order valence-corrected chi connectivity index (χ1v) is 19.5. The molecule has 0 aliphatic heterocycles. The van der Waals surface area contributed by atoms with Gasteiger partial charge in [0.2, 0.25) is 9.84 Å². The number of carbonyl (C=O) groups excluding carboxylic acids is 2. The van der Waals surface area contributed by atoms with Crippen LogP contribution in [-0.4, -0.2) is 50.9 Å². The van der Waals surface area contributed by atoms with E-state index >= 15 is 0 Å². The van der Waals surface area contributed by atoms with Crippen molar-refractivity contribution in [2.24, 2.45) is 5.92 Å². The van der Waals surface area contributed by atoms with Gasteiger partial charge in [-0.05, 0) is 82.0 Å². The molecule has 0 radical (unpaired) electrons. The maximum atomic E-state index is 14.8. The van der Waals surface area contributed by atoms with Gasteiger partial charge in [-0.3, -0.25) is 9.59 Å². The number of benzene rings is 3. The van der Waals surface area contributed by atoms with Crippen LogP contribution in [0.15, 0.2) is 93.4 Å². The molecule has 20 heteroatoms. The lowest BCUT2D eigenvalue weighted by Crippen LogP contribution is -2.32. The fourth-order valence-corrected chi connectivity index (χ4v) is 6.92. The molecule has 2 heterocycles. The number of amides is 1. The van der Waals surface area contributed by atoms with Crippen LogP contribution in [0.4, 0.5) is 33.6 Å². The van der Waals surface area contributed by atoms with Crippen LogP contribution in [0.3, 0.4) is 0 Å². The van der Waals surface area contributed by atoms with Crippen LogP contribution in [0.1, 0.15) is 34.6 Å². The molecule has 5 aromatic rings. The molecule has 0 saturated heterocycles. The van der Waals surface area contributed by atoms with E-state index in [2.05, 4.69) is 25.9 Å². The van der Waals surface area contributed by atoms with Crippen molar-refractivity contribution in [2.75, 3.05) is 23.8 Å². The zero-order valence-electron chi connectivity index (χ0n) is 28.5. The molecule has 0 unspecified atom stereocenters. The fraction of sp³-hybridized carbons (Fsp3) is 0.143. The summed E-state index contributed by atoms with van der Waals surface area (Å²) in [6, 6.07) is 15.1. The number of aromatic nitrogens is 2. The lowest BCUT2D eigenvalue weighted by atomic mass is 10.0. The molecular weight excluding hydrogens is 841 g/mol. The number of rotatable bonds is 11. The summed E-state index contributed by atoms with van der Waals surface area (Å²) in [5.41, 5.74) is 8.95. The van der Waals surface area contributed by atoms with E-state index in [9.17, 15) is 48.4 Å². The van der Waals surface area contributed by atoms with E-state index in [0.29, 0.717) is 0 Å². The molecule has 0 spiro atoms. The van der Waals surface area contributed by atoms with Gasteiger partial charge in [-0.2, -0.15) is 8.42 Å². The van der Waals surface area contributed by atoms with Crippen LogP contribution < -0.4 is 20.9 Å². The third kappa shape index (κ3) is 10.6. The zero-order valence-corrected chi connectivity index (χ0v) is 31.7. The molecule has 0 bridgehead atoms. The van der Waals surface area contributed by atoms with E-state index in [1.165, 1.54) is 30.3 Å². The fourth-order valence-electron chi connectivity index (χ4n) is 4.49. The smallest absolute Gasteiger partial charge is 0.281 e. The Bertz CT molecular complexity index is 2510. The summed E-state index contributed by atoms with van der Waals surface area (Å²) in [5, 5.41) is -0.971. The minimum absolute atomic E-state index is 0.0197. The van der Waals surface area contributed by atoms with Crippen LogP contribution in [-0.2, 0) is 19.9 Å². The molecule has 2 aromatic heterocycles. The number of hydrogen-bond acceptors (Lipinski definition) is 11. The first-order chi connectivity index (χ1) is 25.7. The van der Waals surface area contributed by atoms with Gasteiger partial charge in [-0.15, -0.1) is 0 Å². The van der Waals surface area contributed by atoms with Gasteiger partial charge in [0, 0.05) is 11.6 Å².